The third kappa shape index (κ3) is 2.69. The van der Waals surface area contributed by atoms with Crippen molar-refractivity contribution in [3.63, 3.8) is 0 Å². The highest BCUT2D eigenvalue weighted by Gasteiger charge is 2.30. The summed E-state index contributed by atoms with van der Waals surface area (Å²) < 4.78 is 40.5. The molecule has 3 nitrogen and oxygen atoms in total. The third-order valence-electron chi connectivity index (χ3n) is 4.88. The van der Waals surface area contributed by atoms with E-state index in [4.69, 9.17) is 9.97 Å². The average Bonchev–Trinajstić information content (AvgIpc) is 2.99. The Balaban J connectivity index is 1.70. The lowest BCUT2D eigenvalue weighted by molar-refractivity contribution is -0.137. The molecule has 0 unspecified atom stereocenters. The second-order valence-corrected chi connectivity index (χ2v) is 6.68. The number of fused-ring (bicyclic) bond motifs is 4. The predicted molar refractivity (Wildman–Crippen MR) is 103 cm³/mol. The van der Waals surface area contributed by atoms with Crippen LogP contribution in [0.4, 0.5) is 13.2 Å². The van der Waals surface area contributed by atoms with Crippen LogP contribution in [0.3, 0.4) is 0 Å². The molecule has 0 aliphatic carbocycles. The van der Waals surface area contributed by atoms with Gasteiger partial charge in [-0.05, 0) is 35.9 Å². The van der Waals surface area contributed by atoms with E-state index in [0.717, 1.165) is 50.8 Å². The van der Waals surface area contributed by atoms with E-state index in [9.17, 15) is 13.2 Å². The van der Waals surface area contributed by atoms with Crippen LogP contribution < -0.4 is 0 Å². The molecular weight excluding hydrogens is 363 g/mol. The summed E-state index contributed by atoms with van der Waals surface area (Å²) >= 11 is 0. The first-order valence-electron chi connectivity index (χ1n) is 8.80. The van der Waals surface area contributed by atoms with Gasteiger partial charge in [-0.1, -0.05) is 42.5 Å². The van der Waals surface area contributed by atoms with Crippen molar-refractivity contribution in [2.45, 2.75) is 12.7 Å². The first-order valence-corrected chi connectivity index (χ1v) is 8.80. The highest BCUT2D eigenvalue weighted by Crippen LogP contribution is 2.31. The fraction of sp³-hybridized carbons (Fsp3) is 0.0909. The Kier molecular flexibility index (Phi) is 3.62. The third-order valence-corrected chi connectivity index (χ3v) is 4.88. The number of nitrogens with zero attached hydrogens (tertiary/aromatic N) is 3. The van der Waals surface area contributed by atoms with Crippen molar-refractivity contribution < 1.29 is 13.2 Å². The SMILES string of the molecule is FC(F)(F)c1ccc(Cn2c3ccccc3c3nc4ccccc4nc32)cc1. The maximum Gasteiger partial charge on any atom is 0.416 e. The van der Waals surface area contributed by atoms with Gasteiger partial charge in [0.15, 0.2) is 5.65 Å². The number of alkyl halides is 3. The number of para-hydroxylation sites is 3. The van der Waals surface area contributed by atoms with Crippen LogP contribution in [-0.4, -0.2) is 14.5 Å². The van der Waals surface area contributed by atoms with Crippen LogP contribution in [0.15, 0.2) is 72.8 Å². The van der Waals surface area contributed by atoms with Crippen LogP contribution in [0.25, 0.3) is 33.1 Å². The zero-order chi connectivity index (χ0) is 19.3. The average molecular weight is 377 g/mol. The van der Waals surface area contributed by atoms with Crippen LogP contribution in [0, 0.1) is 0 Å². The van der Waals surface area contributed by atoms with Crippen LogP contribution in [0.2, 0.25) is 0 Å². The number of rotatable bonds is 2. The molecule has 28 heavy (non-hydrogen) atoms. The van der Waals surface area contributed by atoms with Crippen molar-refractivity contribution in [2.75, 3.05) is 0 Å². The normalized spacial score (nSPS) is 12.2. The van der Waals surface area contributed by atoms with Crippen molar-refractivity contribution in [3.8, 4) is 0 Å². The summed E-state index contributed by atoms with van der Waals surface area (Å²) in [7, 11) is 0. The monoisotopic (exact) mass is 377 g/mol. The second-order valence-electron chi connectivity index (χ2n) is 6.68. The van der Waals surface area contributed by atoms with Gasteiger partial charge in [-0.15, -0.1) is 0 Å². The molecule has 5 aromatic rings. The van der Waals surface area contributed by atoms with E-state index < -0.39 is 11.7 Å². The molecule has 0 saturated carbocycles. The number of halogens is 3. The largest absolute Gasteiger partial charge is 0.416 e. The first kappa shape index (κ1) is 16.7. The second kappa shape index (κ2) is 6.05. The molecule has 0 aliphatic heterocycles. The number of hydrogen-bond acceptors (Lipinski definition) is 2. The van der Waals surface area contributed by atoms with Crippen LogP contribution in [0.1, 0.15) is 11.1 Å². The number of aromatic nitrogens is 3. The van der Waals surface area contributed by atoms with Crippen LogP contribution in [0.5, 0.6) is 0 Å². The van der Waals surface area contributed by atoms with Gasteiger partial charge in [0.1, 0.15) is 5.52 Å². The molecule has 138 valence electrons. The van der Waals surface area contributed by atoms with Gasteiger partial charge in [0.05, 0.1) is 22.1 Å². The number of hydrogen-bond donors (Lipinski definition) is 0. The molecule has 5 rings (SSSR count). The van der Waals surface area contributed by atoms with E-state index in [0.29, 0.717) is 6.54 Å². The van der Waals surface area contributed by atoms with E-state index in [2.05, 4.69) is 0 Å². The summed E-state index contributed by atoms with van der Waals surface area (Å²) in [4.78, 5) is 9.57. The molecule has 0 saturated heterocycles. The minimum absolute atomic E-state index is 0.412. The molecular formula is C22H14F3N3. The summed E-state index contributed by atoms with van der Waals surface area (Å²) in [6, 6.07) is 20.8. The van der Waals surface area contributed by atoms with Gasteiger partial charge in [0.2, 0.25) is 0 Å². The molecule has 0 fully saturated rings. The molecule has 0 N–H and O–H groups in total. The fourth-order valence-corrected chi connectivity index (χ4v) is 3.52. The van der Waals surface area contributed by atoms with Gasteiger partial charge in [-0.25, -0.2) is 9.97 Å². The minimum Gasteiger partial charge on any atom is -0.319 e. The lowest BCUT2D eigenvalue weighted by Crippen LogP contribution is -2.06. The van der Waals surface area contributed by atoms with Gasteiger partial charge in [-0.3, -0.25) is 0 Å². The molecule has 0 bridgehead atoms. The lowest BCUT2D eigenvalue weighted by atomic mass is 10.1. The molecule has 3 aromatic carbocycles. The Hall–Kier alpha value is -3.41. The highest BCUT2D eigenvalue weighted by molar-refractivity contribution is 6.06. The summed E-state index contributed by atoms with van der Waals surface area (Å²) in [6.07, 6.45) is -4.34. The van der Waals surface area contributed by atoms with E-state index in [1.165, 1.54) is 12.1 Å². The van der Waals surface area contributed by atoms with E-state index >= 15 is 0 Å². The summed E-state index contributed by atoms with van der Waals surface area (Å²) in [5.74, 6) is 0. The molecule has 2 heterocycles. The molecule has 0 atom stereocenters. The van der Waals surface area contributed by atoms with E-state index in [1.807, 2.05) is 53.1 Å². The summed E-state index contributed by atoms with van der Waals surface area (Å²) in [6.45, 7) is 0.412. The van der Waals surface area contributed by atoms with Crippen molar-refractivity contribution in [2.24, 2.45) is 0 Å². The molecule has 0 amide bonds. The predicted octanol–water partition coefficient (Wildman–Crippen LogP) is 5.80. The fourth-order valence-electron chi connectivity index (χ4n) is 3.52. The Labute approximate surface area is 158 Å². The van der Waals surface area contributed by atoms with E-state index in [1.54, 1.807) is 0 Å². The quantitative estimate of drug-likeness (QED) is 0.389. The Morgan fingerprint density at radius 1 is 0.750 bits per heavy atom. The van der Waals surface area contributed by atoms with Gasteiger partial charge in [-0.2, -0.15) is 13.2 Å². The van der Waals surface area contributed by atoms with Crippen molar-refractivity contribution >= 4 is 33.1 Å². The molecule has 0 spiro atoms. The molecule has 2 aromatic heterocycles. The zero-order valence-electron chi connectivity index (χ0n) is 14.6. The number of benzene rings is 3. The smallest absolute Gasteiger partial charge is 0.319 e. The standard InChI is InChI=1S/C22H14F3N3/c23-22(24,25)15-11-9-14(10-12-15)13-28-19-8-4-1-5-16(19)20-21(28)27-18-7-3-2-6-17(18)26-20/h1-12H,13H2. The first-order chi connectivity index (χ1) is 13.5. The minimum atomic E-state index is -4.34. The van der Waals surface area contributed by atoms with Crippen molar-refractivity contribution in [3.05, 3.63) is 83.9 Å². The topological polar surface area (TPSA) is 30.7 Å². The zero-order valence-corrected chi connectivity index (χ0v) is 14.6. The van der Waals surface area contributed by atoms with Crippen molar-refractivity contribution in [1.29, 1.82) is 0 Å². The maximum atomic E-state index is 12.8. The summed E-state index contributed by atoms with van der Waals surface area (Å²) in [5, 5.41) is 0.975. The van der Waals surface area contributed by atoms with Crippen LogP contribution >= 0.6 is 0 Å². The highest BCUT2D eigenvalue weighted by atomic mass is 19.4. The molecule has 6 heteroatoms. The van der Waals surface area contributed by atoms with Gasteiger partial charge >= 0.3 is 6.18 Å². The van der Waals surface area contributed by atoms with E-state index in [-0.39, 0.29) is 0 Å². The van der Waals surface area contributed by atoms with Gasteiger partial charge in [0.25, 0.3) is 0 Å². The Morgan fingerprint density at radius 2 is 1.39 bits per heavy atom. The van der Waals surface area contributed by atoms with Gasteiger partial charge < -0.3 is 4.57 Å². The Bertz CT molecular complexity index is 1320. The maximum absolute atomic E-state index is 12.8. The van der Waals surface area contributed by atoms with Crippen molar-refractivity contribution in [1.82, 2.24) is 14.5 Å². The molecule has 0 radical (unpaired) electrons. The van der Waals surface area contributed by atoms with Crippen LogP contribution in [-0.2, 0) is 12.7 Å². The summed E-state index contributed by atoms with van der Waals surface area (Å²) in [5.41, 5.74) is 4.18. The van der Waals surface area contributed by atoms with Gasteiger partial charge in [0, 0.05) is 11.9 Å². The molecule has 0 aliphatic rings. The lowest BCUT2D eigenvalue weighted by Gasteiger charge is -2.10. The Morgan fingerprint density at radius 3 is 2.11 bits per heavy atom.